The molecule has 0 bridgehead atoms. The van der Waals surface area contributed by atoms with Crippen LogP contribution in [0.15, 0.2) is 66.7 Å². The summed E-state index contributed by atoms with van der Waals surface area (Å²) >= 11 is 1.53. The summed E-state index contributed by atoms with van der Waals surface area (Å²) in [7, 11) is 0. The minimum atomic E-state index is -0.362. The van der Waals surface area contributed by atoms with Gasteiger partial charge in [0.1, 0.15) is 16.9 Å². The third-order valence-corrected chi connectivity index (χ3v) is 7.72. The van der Waals surface area contributed by atoms with Crippen LogP contribution in [0.3, 0.4) is 0 Å². The number of aryl methyl sites for hydroxylation is 1. The van der Waals surface area contributed by atoms with Crippen LogP contribution in [0.25, 0.3) is 10.2 Å². The molecule has 0 unspecified atom stereocenters. The molecule has 4 aromatic rings. The monoisotopic (exact) mass is 560 g/mol. The summed E-state index contributed by atoms with van der Waals surface area (Å²) in [5, 5.41) is 11.5. The average Bonchev–Trinajstić information content (AvgIpc) is 3.33. The third-order valence-electron chi connectivity index (χ3n) is 6.72. The summed E-state index contributed by atoms with van der Waals surface area (Å²) in [5.41, 5.74) is 5.38. The van der Waals surface area contributed by atoms with Crippen molar-refractivity contribution >= 4 is 21.6 Å². The van der Waals surface area contributed by atoms with Gasteiger partial charge in [-0.3, -0.25) is 4.90 Å². The summed E-state index contributed by atoms with van der Waals surface area (Å²) < 4.78 is 13.3. The second-order valence-corrected chi connectivity index (χ2v) is 12.6. The van der Waals surface area contributed by atoms with Crippen LogP contribution in [0.1, 0.15) is 76.3 Å². The second kappa shape index (κ2) is 13.6. The van der Waals surface area contributed by atoms with Crippen LogP contribution in [0, 0.1) is 0 Å². The summed E-state index contributed by atoms with van der Waals surface area (Å²) in [6.45, 7) is 13.9. The van der Waals surface area contributed by atoms with E-state index < -0.39 is 0 Å². The molecule has 1 aromatic heterocycles. The van der Waals surface area contributed by atoms with Gasteiger partial charge in [0.2, 0.25) is 0 Å². The highest BCUT2D eigenvalue weighted by Crippen LogP contribution is 2.41. The Morgan fingerprint density at radius 1 is 0.900 bits per heavy atom. The predicted octanol–water partition coefficient (Wildman–Crippen LogP) is 7.99. The van der Waals surface area contributed by atoms with Gasteiger partial charge in [-0.05, 0) is 75.8 Å². The molecule has 0 aliphatic rings. The summed E-state index contributed by atoms with van der Waals surface area (Å²) in [4.78, 5) is 7.23. The van der Waals surface area contributed by atoms with Crippen molar-refractivity contribution in [1.82, 2.24) is 9.88 Å². The van der Waals surface area contributed by atoms with Gasteiger partial charge in [0.15, 0.2) is 0 Å². The standard InChI is InChI=1S/C34H44N2O3S/c1-7-11-25-14-16-26(17-15-25)20-21-36(22-27-12-9-8-10-13-27)29(23-37)28-18-19-30(39-34(4,5)6)31-32(28)40-33(35-31)38-24(2)3/h8-10,12-19,24,29,37H,7,11,20-23H2,1-6H3/t29-/m0/s1. The highest BCUT2D eigenvalue weighted by molar-refractivity contribution is 7.20. The van der Waals surface area contributed by atoms with E-state index in [0.29, 0.717) is 5.19 Å². The molecular weight excluding hydrogens is 516 g/mol. The van der Waals surface area contributed by atoms with Crippen molar-refractivity contribution in [3.8, 4) is 10.9 Å². The van der Waals surface area contributed by atoms with Crippen LogP contribution in [-0.4, -0.2) is 39.8 Å². The number of nitrogens with zero attached hydrogens (tertiary/aromatic N) is 2. The van der Waals surface area contributed by atoms with Crippen molar-refractivity contribution in [2.75, 3.05) is 13.2 Å². The molecule has 214 valence electrons. The van der Waals surface area contributed by atoms with Crippen molar-refractivity contribution in [3.63, 3.8) is 0 Å². The molecule has 3 aromatic carbocycles. The first-order chi connectivity index (χ1) is 19.2. The molecule has 0 saturated carbocycles. The molecule has 0 fully saturated rings. The van der Waals surface area contributed by atoms with Crippen LogP contribution >= 0.6 is 11.3 Å². The van der Waals surface area contributed by atoms with Crippen molar-refractivity contribution in [2.24, 2.45) is 0 Å². The van der Waals surface area contributed by atoms with E-state index in [1.807, 2.05) is 46.8 Å². The fraction of sp³-hybridized carbons (Fsp3) is 0.441. The van der Waals surface area contributed by atoms with Gasteiger partial charge in [-0.25, -0.2) is 0 Å². The highest BCUT2D eigenvalue weighted by atomic mass is 32.1. The number of rotatable bonds is 13. The number of hydrogen-bond donors (Lipinski definition) is 1. The van der Waals surface area contributed by atoms with E-state index in [4.69, 9.17) is 14.5 Å². The molecule has 0 saturated heterocycles. The quantitative estimate of drug-likeness (QED) is 0.180. The van der Waals surface area contributed by atoms with Crippen LogP contribution in [0.2, 0.25) is 0 Å². The maximum Gasteiger partial charge on any atom is 0.274 e. The van der Waals surface area contributed by atoms with E-state index in [9.17, 15) is 5.11 Å². The lowest BCUT2D eigenvalue weighted by Gasteiger charge is -2.32. The normalized spacial score (nSPS) is 12.8. The number of thiazole rings is 1. The molecule has 40 heavy (non-hydrogen) atoms. The number of fused-ring (bicyclic) bond motifs is 1. The van der Waals surface area contributed by atoms with Crippen LogP contribution in [0.4, 0.5) is 0 Å². The first-order valence-electron chi connectivity index (χ1n) is 14.4. The maximum atomic E-state index is 10.9. The molecule has 0 amide bonds. The van der Waals surface area contributed by atoms with Crippen LogP contribution in [0.5, 0.6) is 10.9 Å². The first-order valence-corrected chi connectivity index (χ1v) is 15.2. The predicted molar refractivity (Wildman–Crippen MR) is 167 cm³/mol. The van der Waals surface area contributed by atoms with Gasteiger partial charge in [0.05, 0.1) is 23.5 Å². The Bertz CT molecular complexity index is 1340. The zero-order valence-electron chi connectivity index (χ0n) is 24.8. The molecular formula is C34H44N2O3S. The first kappa shape index (κ1) is 30.0. The molecule has 4 rings (SSSR count). The minimum absolute atomic E-state index is 0.00484. The van der Waals surface area contributed by atoms with Crippen molar-refractivity contribution in [3.05, 3.63) is 89.0 Å². The van der Waals surface area contributed by atoms with Gasteiger partial charge >= 0.3 is 0 Å². The lowest BCUT2D eigenvalue weighted by molar-refractivity contribution is 0.118. The van der Waals surface area contributed by atoms with E-state index in [2.05, 4.69) is 66.4 Å². The fourth-order valence-electron chi connectivity index (χ4n) is 4.92. The van der Waals surface area contributed by atoms with Gasteiger partial charge in [0.25, 0.3) is 5.19 Å². The molecule has 0 aliphatic carbocycles. The van der Waals surface area contributed by atoms with E-state index in [1.54, 1.807) is 0 Å². The van der Waals surface area contributed by atoms with Gasteiger partial charge in [-0.1, -0.05) is 85.3 Å². The zero-order valence-corrected chi connectivity index (χ0v) is 25.6. The Morgan fingerprint density at radius 2 is 1.57 bits per heavy atom. The Labute approximate surface area is 243 Å². The molecule has 0 spiro atoms. The largest absolute Gasteiger partial charge is 0.486 e. The fourth-order valence-corrected chi connectivity index (χ4v) is 6.03. The van der Waals surface area contributed by atoms with Crippen molar-refractivity contribution < 1.29 is 14.6 Å². The lowest BCUT2D eigenvalue weighted by Crippen LogP contribution is -2.33. The van der Waals surface area contributed by atoms with Gasteiger partial charge in [-0.2, -0.15) is 4.98 Å². The van der Waals surface area contributed by atoms with Crippen molar-refractivity contribution in [1.29, 1.82) is 0 Å². The van der Waals surface area contributed by atoms with E-state index in [1.165, 1.54) is 28.0 Å². The SMILES string of the molecule is CCCc1ccc(CCN(Cc2ccccc2)[C@@H](CO)c2ccc(OC(C)(C)C)c3nc(OC(C)C)sc23)cc1. The zero-order chi connectivity index (χ0) is 28.7. The van der Waals surface area contributed by atoms with E-state index >= 15 is 0 Å². The summed E-state index contributed by atoms with van der Waals surface area (Å²) in [6, 6.07) is 23.4. The lowest BCUT2D eigenvalue weighted by atomic mass is 10.0. The number of ether oxygens (including phenoxy) is 2. The maximum absolute atomic E-state index is 10.9. The third kappa shape index (κ3) is 8.06. The van der Waals surface area contributed by atoms with E-state index in [-0.39, 0.29) is 24.4 Å². The molecule has 6 heteroatoms. The second-order valence-electron chi connectivity index (χ2n) is 11.7. The van der Waals surface area contributed by atoms with Crippen LogP contribution in [-0.2, 0) is 19.4 Å². The van der Waals surface area contributed by atoms with Gasteiger partial charge in [-0.15, -0.1) is 0 Å². The smallest absolute Gasteiger partial charge is 0.274 e. The number of aromatic nitrogens is 1. The molecule has 0 radical (unpaired) electrons. The number of aliphatic hydroxyl groups is 1. The van der Waals surface area contributed by atoms with Gasteiger partial charge < -0.3 is 14.6 Å². The molecule has 1 N–H and O–H groups in total. The summed E-state index contributed by atoms with van der Waals surface area (Å²) in [6.07, 6.45) is 3.17. The Balaban J connectivity index is 1.71. The summed E-state index contributed by atoms with van der Waals surface area (Å²) in [5.74, 6) is 0.736. The highest BCUT2D eigenvalue weighted by Gasteiger charge is 2.26. The molecule has 0 aliphatic heterocycles. The van der Waals surface area contributed by atoms with E-state index in [0.717, 1.165) is 53.9 Å². The van der Waals surface area contributed by atoms with Crippen LogP contribution < -0.4 is 9.47 Å². The van der Waals surface area contributed by atoms with Crippen molar-refractivity contribution in [2.45, 2.75) is 85.1 Å². The molecule has 1 heterocycles. The average molecular weight is 561 g/mol. The Kier molecular flexibility index (Phi) is 10.2. The van der Waals surface area contributed by atoms with Gasteiger partial charge in [0, 0.05) is 13.1 Å². The number of hydrogen-bond acceptors (Lipinski definition) is 6. The number of benzene rings is 3. The number of aliphatic hydroxyl groups excluding tert-OH is 1. The minimum Gasteiger partial charge on any atom is -0.486 e. The molecule has 1 atom stereocenters. The Morgan fingerprint density at radius 3 is 2.17 bits per heavy atom. The Hall–Kier alpha value is -2.93. The molecule has 5 nitrogen and oxygen atoms in total. The topological polar surface area (TPSA) is 54.8 Å².